The van der Waals surface area contributed by atoms with E-state index in [0.717, 1.165) is 5.69 Å². The summed E-state index contributed by atoms with van der Waals surface area (Å²) < 4.78 is 5.15. The van der Waals surface area contributed by atoms with Gasteiger partial charge in [-0.2, -0.15) is 0 Å². The summed E-state index contributed by atoms with van der Waals surface area (Å²) in [6.45, 7) is 4.23. The standard InChI is InChI=1S/C18H20N2O2S/c1-12(2)13-7-9-14(10-8-13)17(21)20-18(23)19-15-5-4-6-16(11-15)22-3/h4-12H,1-3H3,(H2,19,20,21,23). The summed E-state index contributed by atoms with van der Waals surface area (Å²) in [6.07, 6.45) is 0. The Labute approximate surface area is 141 Å². The van der Waals surface area contributed by atoms with Gasteiger partial charge in [-0.05, 0) is 48.0 Å². The molecule has 5 heteroatoms. The minimum absolute atomic E-state index is 0.235. The Morgan fingerprint density at radius 3 is 2.43 bits per heavy atom. The Bertz CT molecular complexity index is 696. The molecule has 0 unspecified atom stereocenters. The molecule has 0 spiro atoms. The number of carbonyl (C=O) groups is 1. The van der Waals surface area contributed by atoms with Crippen molar-refractivity contribution in [3.63, 3.8) is 0 Å². The number of rotatable bonds is 4. The fourth-order valence-electron chi connectivity index (χ4n) is 2.06. The molecule has 0 aliphatic carbocycles. The van der Waals surface area contributed by atoms with E-state index in [1.807, 2.05) is 30.3 Å². The minimum atomic E-state index is -0.235. The van der Waals surface area contributed by atoms with E-state index in [9.17, 15) is 4.79 Å². The van der Waals surface area contributed by atoms with Crippen LogP contribution in [0.15, 0.2) is 48.5 Å². The van der Waals surface area contributed by atoms with E-state index in [-0.39, 0.29) is 11.0 Å². The maximum atomic E-state index is 12.2. The number of hydrogen-bond donors (Lipinski definition) is 2. The molecule has 120 valence electrons. The summed E-state index contributed by atoms with van der Waals surface area (Å²) >= 11 is 5.18. The second kappa shape index (κ2) is 7.74. The van der Waals surface area contributed by atoms with E-state index in [1.54, 1.807) is 25.3 Å². The lowest BCUT2D eigenvalue weighted by Crippen LogP contribution is -2.34. The zero-order valence-electron chi connectivity index (χ0n) is 13.4. The van der Waals surface area contributed by atoms with Gasteiger partial charge in [0.1, 0.15) is 5.75 Å². The third kappa shape index (κ3) is 4.79. The van der Waals surface area contributed by atoms with Gasteiger partial charge in [0, 0.05) is 17.3 Å². The average molecular weight is 328 g/mol. The van der Waals surface area contributed by atoms with Crippen LogP contribution in [0.25, 0.3) is 0 Å². The third-order valence-corrected chi connectivity index (χ3v) is 3.60. The van der Waals surface area contributed by atoms with Gasteiger partial charge in [-0.15, -0.1) is 0 Å². The molecule has 0 fully saturated rings. The van der Waals surface area contributed by atoms with Crippen LogP contribution >= 0.6 is 12.2 Å². The molecule has 2 N–H and O–H groups in total. The number of amides is 1. The van der Waals surface area contributed by atoms with Crippen LogP contribution in [0.3, 0.4) is 0 Å². The Kier molecular flexibility index (Phi) is 5.71. The van der Waals surface area contributed by atoms with Gasteiger partial charge in [-0.3, -0.25) is 10.1 Å². The van der Waals surface area contributed by atoms with Gasteiger partial charge in [-0.1, -0.05) is 32.0 Å². The second-order valence-electron chi connectivity index (χ2n) is 5.42. The molecule has 0 atom stereocenters. The lowest BCUT2D eigenvalue weighted by atomic mass is 10.0. The molecule has 0 saturated carbocycles. The summed E-state index contributed by atoms with van der Waals surface area (Å²) in [4.78, 5) is 12.2. The van der Waals surface area contributed by atoms with E-state index >= 15 is 0 Å². The topological polar surface area (TPSA) is 50.4 Å². The van der Waals surface area contributed by atoms with Crippen molar-refractivity contribution in [2.24, 2.45) is 0 Å². The number of methoxy groups -OCH3 is 1. The van der Waals surface area contributed by atoms with E-state index < -0.39 is 0 Å². The fourth-order valence-corrected chi connectivity index (χ4v) is 2.27. The van der Waals surface area contributed by atoms with Crippen molar-refractivity contribution in [1.29, 1.82) is 0 Å². The van der Waals surface area contributed by atoms with E-state index in [0.29, 0.717) is 17.2 Å². The van der Waals surface area contributed by atoms with Crippen LogP contribution in [0, 0.1) is 0 Å². The SMILES string of the molecule is COc1cccc(NC(=S)NC(=O)c2ccc(C(C)C)cc2)c1. The van der Waals surface area contributed by atoms with Gasteiger partial charge in [0.15, 0.2) is 5.11 Å². The predicted molar refractivity (Wildman–Crippen MR) is 97.2 cm³/mol. The lowest BCUT2D eigenvalue weighted by Gasteiger charge is -2.11. The molecule has 0 radical (unpaired) electrons. The van der Waals surface area contributed by atoms with Crippen molar-refractivity contribution < 1.29 is 9.53 Å². The fraction of sp³-hybridized carbons (Fsp3) is 0.222. The molecule has 0 saturated heterocycles. The van der Waals surface area contributed by atoms with Crippen LogP contribution in [-0.2, 0) is 0 Å². The number of ether oxygens (including phenoxy) is 1. The molecule has 2 aromatic rings. The Morgan fingerprint density at radius 1 is 1.13 bits per heavy atom. The van der Waals surface area contributed by atoms with Crippen LogP contribution in [-0.4, -0.2) is 18.1 Å². The lowest BCUT2D eigenvalue weighted by molar-refractivity contribution is 0.0977. The van der Waals surface area contributed by atoms with Crippen molar-refractivity contribution in [3.8, 4) is 5.75 Å². The van der Waals surface area contributed by atoms with E-state index in [2.05, 4.69) is 24.5 Å². The molecule has 2 rings (SSSR count). The average Bonchev–Trinajstić information content (AvgIpc) is 2.54. The predicted octanol–water partition coefficient (Wildman–Crippen LogP) is 3.95. The number of carbonyl (C=O) groups excluding carboxylic acids is 1. The molecule has 0 aromatic heterocycles. The first-order valence-electron chi connectivity index (χ1n) is 7.36. The molecule has 23 heavy (non-hydrogen) atoms. The van der Waals surface area contributed by atoms with Crippen LogP contribution < -0.4 is 15.4 Å². The molecule has 4 nitrogen and oxygen atoms in total. The molecule has 1 amide bonds. The van der Waals surface area contributed by atoms with Crippen LogP contribution in [0.2, 0.25) is 0 Å². The van der Waals surface area contributed by atoms with E-state index in [4.69, 9.17) is 17.0 Å². The van der Waals surface area contributed by atoms with Crippen LogP contribution in [0.4, 0.5) is 5.69 Å². The largest absolute Gasteiger partial charge is 0.497 e. The van der Waals surface area contributed by atoms with Gasteiger partial charge in [0.25, 0.3) is 5.91 Å². The maximum Gasteiger partial charge on any atom is 0.257 e. The van der Waals surface area contributed by atoms with Crippen molar-refractivity contribution in [2.75, 3.05) is 12.4 Å². The first-order chi connectivity index (χ1) is 11.0. The number of hydrogen-bond acceptors (Lipinski definition) is 3. The molecular formula is C18H20N2O2S. The Morgan fingerprint density at radius 2 is 1.83 bits per heavy atom. The van der Waals surface area contributed by atoms with Crippen molar-refractivity contribution >= 4 is 28.9 Å². The summed E-state index contributed by atoms with van der Waals surface area (Å²) in [5.41, 5.74) is 2.52. The summed E-state index contributed by atoms with van der Waals surface area (Å²) in [5, 5.41) is 5.88. The number of benzene rings is 2. The van der Waals surface area contributed by atoms with Crippen LogP contribution in [0.5, 0.6) is 5.75 Å². The summed E-state index contributed by atoms with van der Waals surface area (Å²) in [5.74, 6) is 0.914. The number of thiocarbonyl (C=S) groups is 1. The van der Waals surface area contributed by atoms with Gasteiger partial charge in [0.05, 0.1) is 7.11 Å². The van der Waals surface area contributed by atoms with Crippen LogP contribution in [0.1, 0.15) is 35.7 Å². The molecular weight excluding hydrogens is 308 g/mol. The Hall–Kier alpha value is -2.40. The van der Waals surface area contributed by atoms with Crippen molar-refractivity contribution in [2.45, 2.75) is 19.8 Å². The van der Waals surface area contributed by atoms with Crippen molar-refractivity contribution in [3.05, 3.63) is 59.7 Å². The van der Waals surface area contributed by atoms with Gasteiger partial charge in [0.2, 0.25) is 0 Å². The molecule has 2 aromatic carbocycles. The molecule has 0 aliphatic heterocycles. The minimum Gasteiger partial charge on any atom is -0.497 e. The van der Waals surface area contributed by atoms with E-state index in [1.165, 1.54) is 5.56 Å². The first-order valence-corrected chi connectivity index (χ1v) is 7.76. The second-order valence-corrected chi connectivity index (χ2v) is 5.83. The highest BCUT2D eigenvalue weighted by atomic mass is 32.1. The number of anilines is 1. The highest BCUT2D eigenvalue weighted by Crippen LogP contribution is 2.17. The van der Waals surface area contributed by atoms with Crippen molar-refractivity contribution in [1.82, 2.24) is 5.32 Å². The molecule has 0 heterocycles. The van der Waals surface area contributed by atoms with Gasteiger partial charge < -0.3 is 10.1 Å². The normalized spacial score (nSPS) is 10.3. The van der Waals surface area contributed by atoms with Gasteiger partial charge in [-0.25, -0.2) is 0 Å². The molecule has 0 bridgehead atoms. The highest BCUT2D eigenvalue weighted by molar-refractivity contribution is 7.80. The van der Waals surface area contributed by atoms with Gasteiger partial charge >= 0.3 is 0 Å². The maximum absolute atomic E-state index is 12.2. The smallest absolute Gasteiger partial charge is 0.257 e. The zero-order valence-corrected chi connectivity index (χ0v) is 14.2. The highest BCUT2D eigenvalue weighted by Gasteiger charge is 2.09. The first kappa shape index (κ1) is 17.0. The third-order valence-electron chi connectivity index (χ3n) is 3.39. The summed E-state index contributed by atoms with van der Waals surface area (Å²) in [6, 6.07) is 14.8. The number of nitrogens with one attached hydrogen (secondary N) is 2. The summed E-state index contributed by atoms with van der Waals surface area (Å²) in [7, 11) is 1.60. The quantitative estimate of drug-likeness (QED) is 0.835. The monoisotopic (exact) mass is 328 g/mol. The zero-order chi connectivity index (χ0) is 16.8. The Balaban J connectivity index is 1.97. The molecule has 0 aliphatic rings.